The van der Waals surface area contributed by atoms with Crippen molar-refractivity contribution in [3.8, 4) is 23.0 Å². The number of nitrogens with one attached hydrogen (secondary N) is 1. The van der Waals surface area contributed by atoms with E-state index in [1.54, 1.807) is 24.3 Å². The number of rotatable bonds is 11. The summed E-state index contributed by atoms with van der Waals surface area (Å²) in [6.07, 6.45) is 1.35. The van der Waals surface area contributed by atoms with Gasteiger partial charge in [0.25, 0.3) is 0 Å². The van der Waals surface area contributed by atoms with E-state index in [0.29, 0.717) is 22.6 Å². The predicted octanol–water partition coefficient (Wildman–Crippen LogP) is 2.80. The second-order valence-electron chi connectivity index (χ2n) is 6.31. The fourth-order valence-corrected chi connectivity index (χ4v) is 3.93. The highest BCUT2D eigenvalue weighted by Gasteiger charge is 2.20. The molecule has 2 aromatic carbocycles. The van der Waals surface area contributed by atoms with Gasteiger partial charge in [-0.3, -0.25) is 4.79 Å². The van der Waals surface area contributed by atoms with Gasteiger partial charge in [0.2, 0.25) is 0 Å². The number of carboxylic acids is 1. The van der Waals surface area contributed by atoms with Crippen LogP contribution in [-0.4, -0.2) is 54.5 Å². The molecule has 0 saturated heterocycles. The first-order valence-electron chi connectivity index (χ1n) is 9.07. The maximum atomic E-state index is 12.6. The van der Waals surface area contributed by atoms with Gasteiger partial charge in [-0.2, -0.15) is 0 Å². The molecule has 0 aliphatic rings. The Bertz CT molecular complexity index is 1050. The van der Waals surface area contributed by atoms with E-state index in [9.17, 15) is 13.2 Å². The van der Waals surface area contributed by atoms with Crippen LogP contribution in [0.4, 0.5) is 5.69 Å². The molecule has 0 fully saturated rings. The van der Waals surface area contributed by atoms with Crippen LogP contribution >= 0.6 is 0 Å². The Morgan fingerprint density at radius 3 is 2.16 bits per heavy atom. The summed E-state index contributed by atoms with van der Waals surface area (Å²) in [5, 5.41) is 12.8. The van der Waals surface area contributed by atoms with Gasteiger partial charge < -0.3 is 29.4 Å². The molecule has 0 aliphatic carbocycles. The molecule has 2 aromatic rings. The van der Waals surface area contributed by atoms with Gasteiger partial charge in [0.15, 0.2) is 15.6 Å². The molecule has 0 atom stereocenters. The fraction of sp³-hybridized carbons (Fsp3) is 0.286. The molecule has 0 amide bonds. The van der Waals surface area contributed by atoms with Crippen LogP contribution in [0.25, 0.3) is 6.08 Å². The topological polar surface area (TPSA) is 120 Å². The summed E-state index contributed by atoms with van der Waals surface area (Å²) in [5.74, 6) is 0.107. The number of methoxy groups -OCH3 is 4. The lowest BCUT2D eigenvalue weighted by Crippen LogP contribution is -2.14. The maximum Gasteiger partial charge on any atom is 0.322 e. The highest BCUT2D eigenvalue weighted by atomic mass is 32.2. The lowest BCUT2D eigenvalue weighted by molar-refractivity contribution is -0.134. The number of sulfone groups is 1. The molecule has 2 rings (SSSR count). The van der Waals surface area contributed by atoms with Gasteiger partial charge in [-0.05, 0) is 23.8 Å². The first-order chi connectivity index (χ1) is 14.7. The first kappa shape index (κ1) is 23.9. The number of carboxylic acid groups (broad SMARTS) is 1. The van der Waals surface area contributed by atoms with Crippen LogP contribution in [0, 0.1) is 0 Å². The molecule has 10 heteroatoms. The van der Waals surface area contributed by atoms with Crippen LogP contribution in [0.3, 0.4) is 0 Å². The average Bonchev–Trinajstić information content (AvgIpc) is 2.75. The zero-order valence-electron chi connectivity index (χ0n) is 17.7. The Balaban J connectivity index is 2.43. The van der Waals surface area contributed by atoms with Crippen LogP contribution in [0.2, 0.25) is 0 Å². The van der Waals surface area contributed by atoms with Crippen LogP contribution in [0.5, 0.6) is 23.0 Å². The molecule has 31 heavy (non-hydrogen) atoms. The van der Waals surface area contributed by atoms with Crippen LogP contribution in [0.1, 0.15) is 11.1 Å². The van der Waals surface area contributed by atoms with Crippen molar-refractivity contribution in [1.29, 1.82) is 0 Å². The Kier molecular flexibility index (Phi) is 8.14. The van der Waals surface area contributed by atoms with E-state index in [2.05, 4.69) is 5.32 Å². The SMILES string of the molecule is COc1ccc(CS(=O)(=O)C=Cc2c(OC)cc(OC)c(NCC(=O)O)c2OC)cc1. The van der Waals surface area contributed by atoms with Crippen molar-refractivity contribution in [2.24, 2.45) is 0 Å². The van der Waals surface area contributed by atoms with E-state index in [1.165, 1.54) is 40.6 Å². The zero-order valence-corrected chi connectivity index (χ0v) is 18.5. The van der Waals surface area contributed by atoms with E-state index in [0.717, 1.165) is 5.41 Å². The smallest absolute Gasteiger partial charge is 0.322 e. The molecule has 0 bridgehead atoms. The maximum absolute atomic E-state index is 12.6. The van der Waals surface area contributed by atoms with Gasteiger partial charge >= 0.3 is 5.97 Å². The second kappa shape index (κ2) is 10.6. The number of anilines is 1. The normalized spacial score (nSPS) is 11.2. The molecule has 0 saturated carbocycles. The number of aliphatic carboxylic acids is 1. The molecule has 168 valence electrons. The minimum absolute atomic E-state index is 0.188. The molecular weight excluding hydrogens is 426 g/mol. The fourth-order valence-electron chi connectivity index (χ4n) is 2.83. The Hall–Kier alpha value is -3.40. The Labute approximate surface area is 181 Å². The lowest BCUT2D eigenvalue weighted by Gasteiger charge is -2.19. The molecule has 2 N–H and O–H groups in total. The highest BCUT2D eigenvalue weighted by Crippen LogP contribution is 2.44. The number of benzene rings is 2. The van der Waals surface area contributed by atoms with E-state index in [1.807, 2.05) is 0 Å². The third kappa shape index (κ3) is 6.29. The standard InChI is InChI=1S/C21H25NO8S/c1-27-15-7-5-14(6-8-15)13-31(25,26)10-9-16-17(28-2)11-18(29-3)20(21(16)30-4)22-12-19(23)24/h5-11,22H,12-13H2,1-4H3,(H,23,24). The van der Waals surface area contributed by atoms with Crippen molar-refractivity contribution >= 4 is 27.6 Å². The monoisotopic (exact) mass is 451 g/mol. The van der Waals surface area contributed by atoms with Crippen molar-refractivity contribution in [3.63, 3.8) is 0 Å². The van der Waals surface area contributed by atoms with Gasteiger partial charge in [0.05, 0.1) is 39.8 Å². The minimum Gasteiger partial charge on any atom is -0.497 e. The molecule has 0 aromatic heterocycles. The summed E-state index contributed by atoms with van der Waals surface area (Å²) < 4.78 is 46.4. The summed E-state index contributed by atoms with van der Waals surface area (Å²) in [5.41, 5.74) is 1.18. The first-order valence-corrected chi connectivity index (χ1v) is 10.8. The van der Waals surface area contributed by atoms with Crippen LogP contribution in [0.15, 0.2) is 35.7 Å². The van der Waals surface area contributed by atoms with Crippen molar-refractivity contribution in [1.82, 2.24) is 0 Å². The predicted molar refractivity (Wildman–Crippen MR) is 117 cm³/mol. The molecular formula is C21H25NO8S. The molecule has 0 heterocycles. The van der Waals surface area contributed by atoms with Gasteiger partial charge in [-0.25, -0.2) is 8.42 Å². The Morgan fingerprint density at radius 2 is 1.65 bits per heavy atom. The molecule has 9 nitrogen and oxygen atoms in total. The third-order valence-corrected chi connectivity index (χ3v) is 5.56. The van der Waals surface area contributed by atoms with Crippen LogP contribution in [-0.2, 0) is 20.4 Å². The largest absolute Gasteiger partial charge is 0.497 e. The van der Waals surface area contributed by atoms with E-state index >= 15 is 0 Å². The van der Waals surface area contributed by atoms with Gasteiger partial charge in [-0.15, -0.1) is 0 Å². The number of ether oxygens (including phenoxy) is 4. The quantitative estimate of drug-likeness (QED) is 0.531. The van der Waals surface area contributed by atoms with Gasteiger partial charge in [0.1, 0.15) is 29.5 Å². The average molecular weight is 451 g/mol. The highest BCUT2D eigenvalue weighted by molar-refractivity contribution is 7.93. The van der Waals surface area contributed by atoms with E-state index in [-0.39, 0.29) is 22.9 Å². The van der Waals surface area contributed by atoms with Crippen LogP contribution < -0.4 is 24.3 Å². The van der Waals surface area contributed by atoms with Crippen molar-refractivity contribution < 1.29 is 37.3 Å². The second-order valence-corrected chi connectivity index (χ2v) is 8.19. The summed E-state index contributed by atoms with van der Waals surface area (Å²) in [6.45, 7) is -0.391. The summed E-state index contributed by atoms with van der Waals surface area (Å²) in [7, 11) is 2.11. The zero-order chi connectivity index (χ0) is 23.0. The van der Waals surface area contributed by atoms with Crippen molar-refractivity contribution in [2.75, 3.05) is 40.3 Å². The lowest BCUT2D eigenvalue weighted by atomic mass is 10.1. The number of hydrogen-bond acceptors (Lipinski definition) is 8. The number of hydrogen-bond donors (Lipinski definition) is 2. The third-order valence-electron chi connectivity index (χ3n) is 4.28. The van der Waals surface area contributed by atoms with Gasteiger partial charge in [0, 0.05) is 11.5 Å². The molecule has 0 radical (unpaired) electrons. The summed E-state index contributed by atoms with van der Waals surface area (Å²) in [6, 6.07) is 8.23. The van der Waals surface area contributed by atoms with Gasteiger partial charge in [-0.1, -0.05) is 12.1 Å². The van der Waals surface area contributed by atoms with Crippen molar-refractivity contribution in [3.05, 3.63) is 46.9 Å². The number of carbonyl (C=O) groups is 1. The van der Waals surface area contributed by atoms with E-state index in [4.69, 9.17) is 24.1 Å². The molecule has 0 aliphatic heterocycles. The molecule has 0 spiro atoms. The van der Waals surface area contributed by atoms with E-state index < -0.39 is 22.4 Å². The minimum atomic E-state index is -3.63. The summed E-state index contributed by atoms with van der Waals surface area (Å²) >= 11 is 0. The Morgan fingerprint density at radius 1 is 1.00 bits per heavy atom. The molecule has 0 unspecified atom stereocenters. The van der Waals surface area contributed by atoms with Crippen molar-refractivity contribution in [2.45, 2.75) is 5.75 Å². The summed E-state index contributed by atoms with van der Waals surface area (Å²) in [4.78, 5) is 11.0.